The second-order valence-corrected chi connectivity index (χ2v) is 4.71. The lowest BCUT2D eigenvalue weighted by Crippen LogP contribution is -2.37. The first-order valence-corrected chi connectivity index (χ1v) is 7.06. The van der Waals surface area contributed by atoms with Crippen molar-refractivity contribution in [3.8, 4) is 0 Å². The molecule has 2 heterocycles. The van der Waals surface area contributed by atoms with E-state index in [1.165, 1.54) is 0 Å². The van der Waals surface area contributed by atoms with Crippen LogP contribution in [0.4, 0.5) is 5.82 Å². The van der Waals surface area contributed by atoms with Crippen molar-refractivity contribution in [2.45, 2.75) is 6.92 Å². The van der Waals surface area contributed by atoms with E-state index in [9.17, 15) is 4.79 Å². The van der Waals surface area contributed by atoms with Crippen molar-refractivity contribution in [3.05, 3.63) is 30.1 Å². The Morgan fingerprint density at radius 3 is 2.81 bits per heavy atom. The summed E-state index contributed by atoms with van der Waals surface area (Å²) < 4.78 is 10.4. The van der Waals surface area contributed by atoms with Crippen LogP contribution in [0.25, 0.3) is 10.9 Å². The number of hydrogen-bond donors (Lipinski definition) is 0. The molecule has 1 aliphatic heterocycles. The van der Waals surface area contributed by atoms with Crippen molar-refractivity contribution >= 4 is 22.7 Å². The molecule has 6 nitrogen and oxygen atoms in total. The van der Waals surface area contributed by atoms with Crippen LogP contribution in [0.15, 0.2) is 24.3 Å². The number of morpholine rings is 1. The van der Waals surface area contributed by atoms with Crippen molar-refractivity contribution in [2.75, 3.05) is 37.8 Å². The number of fused-ring (bicyclic) bond motifs is 1. The monoisotopic (exact) mass is 287 g/mol. The fourth-order valence-electron chi connectivity index (χ4n) is 2.36. The highest BCUT2D eigenvalue weighted by Crippen LogP contribution is 2.24. The van der Waals surface area contributed by atoms with Gasteiger partial charge in [0, 0.05) is 18.5 Å². The highest BCUT2D eigenvalue weighted by molar-refractivity contribution is 5.94. The number of hydrogen-bond acceptors (Lipinski definition) is 6. The summed E-state index contributed by atoms with van der Waals surface area (Å²) in [7, 11) is 0. The minimum absolute atomic E-state index is 0.108. The van der Waals surface area contributed by atoms with Gasteiger partial charge in [-0.05, 0) is 19.1 Å². The molecular formula is C15H17N3O3. The largest absolute Gasteiger partial charge is 0.460 e. The minimum Gasteiger partial charge on any atom is -0.460 e. The van der Waals surface area contributed by atoms with Crippen LogP contribution >= 0.6 is 0 Å². The number of benzene rings is 1. The van der Waals surface area contributed by atoms with E-state index in [4.69, 9.17) is 9.47 Å². The molecule has 0 spiro atoms. The smallest absolute Gasteiger partial charge is 0.376 e. The van der Waals surface area contributed by atoms with E-state index in [0.29, 0.717) is 19.8 Å². The quantitative estimate of drug-likeness (QED) is 0.800. The zero-order valence-corrected chi connectivity index (χ0v) is 11.9. The Kier molecular flexibility index (Phi) is 3.96. The van der Waals surface area contributed by atoms with E-state index in [-0.39, 0.29) is 5.82 Å². The summed E-state index contributed by atoms with van der Waals surface area (Å²) in [6.45, 7) is 4.90. The molecular weight excluding hydrogens is 270 g/mol. The molecule has 1 aliphatic rings. The van der Waals surface area contributed by atoms with E-state index >= 15 is 0 Å². The first kappa shape index (κ1) is 13.8. The van der Waals surface area contributed by atoms with Gasteiger partial charge in [-0.3, -0.25) is 0 Å². The van der Waals surface area contributed by atoms with Crippen LogP contribution < -0.4 is 4.90 Å². The minimum atomic E-state index is -0.488. The maximum Gasteiger partial charge on any atom is 0.376 e. The van der Waals surface area contributed by atoms with Gasteiger partial charge in [-0.2, -0.15) is 0 Å². The standard InChI is InChI=1S/C15H17N3O3/c1-2-21-15(19)13-16-12-6-4-3-5-11(12)14(17-13)18-7-9-20-10-8-18/h3-6H,2,7-10H2,1H3. The number of anilines is 1. The lowest BCUT2D eigenvalue weighted by atomic mass is 10.2. The molecule has 0 atom stereocenters. The Bertz CT molecular complexity index is 654. The Balaban J connectivity index is 2.08. The maximum atomic E-state index is 11.9. The molecule has 1 saturated heterocycles. The summed E-state index contributed by atoms with van der Waals surface area (Å²) in [5, 5.41) is 0.937. The number of carbonyl (C=O) groups is 1. The summed E-state index contributed by atoms with van der Waals surface area (Å²) in [5.74, 6) is 0.391. The Morgan fingerprint density at radius 2 is 2.05 bits per heavy atom. The van der Waals surface area contributed by atoms with E-state index in [0.717, 1.165) is 29.8 Å². The third kappa shape index (κ3) is 2.80. The molecule has 0 N–H and O–H groups in total. The lowest BCUT2D eigenvalue weighted by Gasteiger charge is -2.28. The number of para-hydroxylation sites is 1. The molecule has 0 aliphatic carbocycles. The van der Waals surface area contributed by atoms with Crippen molar-refractivity contribution in [1.82, 2.24) is 9.97 Å². The molecule has 3 rings (SSSR count). The van der Waals surface area contributed by atoms with E-state index in [1.807, 2.05) is 24.3 Å². The van der Waals surface area contributed by atoms with E-state index < -0.39 is 5.97 Å². The van der Waals surface area contributed by atoms with E-state index in [1.54, 1.807) is 6.92 Å². The number of aromatic nitrogens is 2. The fraction of sp³-hybridized carbons (Fsp3) is 0.400. The molecule has 1 fully saturated rings. The van der Waals surface area contributed by atoms with Gasteiger partial charge >= 0.3 is 5.97 Å². The maximum absolute atomic E-state index is 11.9. The van der Waals surface area contributed by atoms with Crippen molar-refractivity contribution in [1.29, 1.82) is 0 Å². The number of ether oxygens (including phenoxy) is 2. The van der Waals surface area contributed by atoms with Crippen molar-refractivity contribution in [3.63, 3.8) is 0 Å². The van der Waals surface area contributed by atoms with Crippen LogP contribution in [-0.4, -0.2) is 48.8 Å². The molecule has 1 aromatic carbocycles. The fourth-order valence-corrected chi connectivity index (χ4v) is 2.36. The van der Waals surface area contributed by atoms with Gasteiger partial charge in [-0.15, -0.1) is 0 Å². The third-order valence-corrected chi connectivity index (χ3v) is 3.35. The van der Waals surface area contributed by atoms with Crippen LogP contribution in [0.1, 0.15) is 17.5 Å². The number of rotatable bonds is 3. The average Bonchev–Trinajstić information content (AvgIpc) is 2.55. The first-order chi connectivity index (χ1) is 10.3. The van der Waals surface area contributed by atoms with Crippen LogP contribution in [0.2, 0.25) is 0 Å². The van der Waals surface area contributed by atoms with Gasteiger partial charge < -0.3 is 14.4 Å². The highest BCUT2D eigenvalue weighted by Gasteiger charge is 2.20. The third-order valence-electron chi connectivity index (χ3n) is 3.35. The number of esters is 1. The summed E-state index contributed by atoms with van der Waals surface area (Å²) >= 11 is 0. The first-order valence-electron chi connectivity index (χ1n) is 7.06. The molecule has 21 heavy (non-hydrogen) atoms. The Labute approximate surface area is 122 Å². The number of nitrogens with zero attached hydrogens (tertiary/aromatic N) is 3. The summed E-state index contributed by atoms with van der Waals surface area (Å²) in [6, 6.07) is 7.69. The molecule has 110 valence electrons. The number of carbonyl (C=O) groups excluding carboxylic acids is 1. The normalized spacial score (nSPS) is 15.2. The molecule has 0 amide bonds. The van der Waals surface area contributed by atoms with Crippen molar-refractivity contribution < 1.29 is 14.3 Å². The summed E-state index contributed by atoms with van der Waals surface area (Å²) in [6.07, 6.45) is 0. The van der Waals surface area contributed by atoms with Crippen LogP contribution in [-0.2, 0) is 9.47 Å². The molecule has 1 aromatic heterocycles. The van der Waals surface area contributed by atoms with Gasteiger partial charge in [0.1, 0.15) is 5.82 Å². The summed E-state index contributed by atoms with van der Waals surface area (Å²) in [5.41, 5.74) is 0.747. The second-order valence-electron chi connectivity index (χ2n) is 4.71. The Hall–Kier alpha value is -2.21. The van der Waals surface area contributed by atoms with Crippen LogP contribution in [0.5, 0.6) is 0 Å². The van der Waals surface area contributed by atoms with Gasteiger partial charge in [-0.25, -0.2) is 14.8 Å². The molecule has 0 bridgehead atoms. The topological polar surface area (TPSA) is 64.5 Å². The average molecular weight is 287 g/mol. The summed E-state index contributed by atoms with van der Waals surface area (Å²) in [4.78, 5) is 22.8. The van der Waals surface area contributed by atoms with Gasteiger partial charge in [0.2, 0.25) is 5.82 Å². The van der Waals surface area contributed by atoms with Gasteiger partial charge in [0.15, 0.2) is 0 Å². The van der Waals surface area contributed by atoms with Crippen LogP contribution in [0, 0.1) is 0 Å². The molecule has 6 heteroatoms. The van der Waals surface area contributed by atoms with Gasteiger partial charge in [0.25, 0.3) is 0 Å². The van der Waals surface area contributed by atoms with Crippen LogP contribution in [0.3, 0.4) is 0 Å². The second kappa shape index (κ2) is 6.05. The van der Waals surface area contributed by atoms with Gasteiger partial charge in [-0.1, -0.05) is 12.1 Å². The molecule has 0 unspecified atom stereocenters. The molecule has 0 saturated carbocycles. The molecule has 2 aromatic rings. The van der Waals surface area contributed by atoms with Crippen molar-refractivity contribution in [2.24, 2.45) is 0 Å². The zero-order chi connectivity index (χ0) is 14.7. The predicted octanol–water partition coefficient (Wildman–Crippen LogP) is 1.64. The highest BCUT2D eigenvalue weighted by atomic mass is 16.5. The van der Waals surface area contributed by atoms with E-state index in [2.05, 4.69) is 14.9 Å². The van der Waals surface area contributed by atoms with Gasteiger partial charge in [0.05, 0.1) is 25.3 Å². The SMILES string of the molecule is CCOC(=O)c1nc(N2CCOCC2)c2ccccc2n1. The lowest BCUT2D eigenvalue weighted by molar-refractivity contribution is 0.0512. The Morgan fingerprint density at radius 1 is 1.29 bits per heavy atom. The predicted molar refractivity (Wildman–Crippen MR) is 78.5 cm³/mol. The molecule has 0 radical (unpaired) electrons. The zero-order valence-electron chi connectivity index (χ0n) is 11.9.